The molecule has 0 radical (unpaired) electrons. The molecule has 13 aromatic rings. The smallest absolute Gasteiger partial charge is 0.161 e. The summed E-state index contributed by atoms with van der Waals surface area (Å²) >= 11 is 0. The monoisotopic (exact) mass is 807 g/mol. The Morgan fingerprint density at radius 3 is 1.03 bits per heavy atom. The minimum atomic E-state index is 0.701. The SMILES string of the molecule is c1ccc(-c2cccc3c2oc2c(-c4ccc(-c5ccnc6c5oc5c(-c7ccccc7)cccc56)c(-c5ccnc6c5oc5c(-c7ccccc7)cccc56)c4)ccnc23)cc1. The molecule has 0 aliphatic heterocycles. The zero-order chi connectivity index (χ0) is 41.4. The quantitative estimate of drug-likeness (QED) is 0.166. The lowest BCUT2D eigenvalue weighted by Gasteiger charge is -2.14. The van der Waals surface area contributed by atoms with Gasteiger partial charge in [-0.25, -0.2) is 0 Å². The second kappa shape index (κ2) is 14.0. The fraction of sp³-hybridized carbons (Fsp3) is 0. The van der Waals surface area contributed by atoms with Crippen LogP contribution < -0.4 is 0 Å². The Bertz CT molecular complexity index is 3900. The van der Waals surface area contributed by atoms with Gasteiger partial charge in [0, 0.05) is 68.1 Å². The van der Waals surface area contributed by atoms with Gasteiger partial charge in [0.15, 0.2) is 16.7 Å². The van der Waals surface area contributed by atoms with Gasteiger partial charge in [0.1, 0.15) is 33.3 Å². The highest BCUT2D eigenvalue weighted by molar-refractivity contribution is 6.16. The number of pyridine rings is 3. The number of nitrogens with zero attached hydrogens (tertiary/aromatic N) is 3. The van der Waals surface area contributed by atoms with E-state index in [9.17, 15) is 0 Å². The van der Waals surface area contributed by atoms with Crippen LogP contribution in [0.1, 0.15) is 0 Å². The van der Waals surface area contributed by atoms with Gasteiger partial charge in [-0.1, -0.05) is 140 Å². The van der Waals surface area contributed by atoms with Crippen LogP contribution in [0.5, 0.6) is 0 Å². The van der Waals surface area contributed by atoms with E-state index < -0.39 is 0 Å². The minimum absolute atomic E-state index is 0.701. The highest BCUT2D eigenvalue weighted by Gasteiger charge is 2.24. The van der Waals surface area contributed by atoms with E-state index in [1.165, 1.54) is 0 Å². The van der Waals surface area contributed by atoms with Gasteiger partial charge in [0.05, 0.1) is 0 Å². The molecule has 0 bridgehead atoms. The molecule has 13 rings (SSSR count). The average Bonchev–Trinajstić information content (AvgIpc) is 4.06. The van der Waals surface area contributed by atoms with Crippen molar-refractivity contribution in [3.05, 3.63) is 201 Å². The van der Waals surface area contributed by atoms with E-state index in [-0.39, 0.29) is 0 Å². The van der Waals surface area contributed by atoms with Gasteiger partial charge in [-0.15, -0.1) is 0 Å². The van der Waals surface area contributed by atoms with Gasteiger partial charge >= 0.3 is 0 Å². The van der Waals surface area contributed by atoms with E-state index in [2.05, 4.69) is 140 Å². The van der Waals surface area contributed by atoms with E-state index in [1.807, 2.05) is 61.1 Å². The average molecular weight is 808 g/mol. The van der Waals surface area contributed by atoms with Gasteiger partial charge in [0.25, 0.3) is 0 Å². The molecular weight excluding hydrogens is 775 g/mol. The predicted molar refractivity (Wildman–Crippen MR) is 254 cm³/mol. The zero-order valence-electron chi connectivity index (χ0n) is 33.6. The Morgan fingerprint density at radius 2 is 0.603 bits per heavy atom. The van der Waals surface area contributed by atoms with E-state index in [0.29, 0.717) is 11.2 Å². The largest absolute Gasteiger partial charge is 0.453 e. The van der Waals surface area contributed by atoms with Crippen molar-refractivity contribution in [3.63, 3.8) is 0 Å². The fourth-order valence-electron chi connectivity index (χ4n) is 9.39. The van der Waals surface area contributed by atoms with Gasteiger partial charge in [-0.2, -0.15) is 0 Å². The Labute approximate surface area is 360 Å². The second-order valence-electron chi connectivity index (χ2n) is 15.8. The molecule has 0 N–H and O–H groups in total. The van der Waals surface area contributed by atoms with Gasteiger partial charge in [0.2, 0.25) is 0 Å². The van der Waals surface area contributed by atoms with Crippen molar-refractivity contribution < 1.29 is 13.3 Å². The molecule has 0 aliphatic rings. The number of fused-ring (bicyclic) bond motifs is 9. The third-order valence-corrected chi connectivity index (χ3v) is 12.3. The summed E-state index contributed by atoms with van der Waals surface area (Å²) in [4.78, 5) is 14.7. The number of hydrogen-bond acceptors (Lipinski definition) is 6. The lowest BCUT2D eigenvalue weighted by molar-refractivity contribution is 0.669. The van der Waals surface area contributed by atoms with Crippen LogP contribution in [0, 0.1) is 0 Å². The van der Waals surface area contributed by atoms with Crippen molar-refractivity contribution in [1.29, 1.82) is 0 Å². The molecule has 0 aliphatic carbocycles. The van der Waals surface area contributed by atoms with Gasteiger partial charge in [-0.3, -0.25) is 15.0 Å². The van der Waals surface area contributed by atoms with Crippen molar-refractivity contribution in [2.75, 3.05) is 0 Å². The normalized spacial score (nSPS) is 11.8. The Morgan fingerprint density at radius 1 is 0.238 bits per heavy atom. The van der Waals surface area contributed by atoms with Crippen molar-refractivity contribution in [2.45, 2.75) is 0 Å². The predicted octanol–water partition coefficient (Wildman–Crippen LogP) is 15.6. The highest BCUT2D eigenvalue weighted by Crippen LogP contribution is 2.47. The van der Waals surface area contributed by atoms with Crippen LogP contribution >= 0.6 is 0 Å². The molecule has 0 unspecified atom stereocenters. The summed E-state index contributed by atoms with van der Waals surface area (Å²) in [5, 5.41) is 2.88. The molecule has 0 amide bonds. The number of benzene rings is 7. The van der Waals surface area contributed by atoms with Crippen LogP contribution in [0.15, 0.2) is 214 Å². The number of aromatic nitrogens is 3. The van der Waals surface area contributed by atoms with Crippen LogP contribution in [0.4, 0.5) is 0 Å². The molecule has 0 atom stereocenters. The third-order valence-electron chi connectivity index (χ3n) is 12.3. The molecule has 0 fully saturated rings. The maximum Gasteiger partial charge on any atom is 0.161 e. The highest BCUT2D eigenvalue weighted by atomic mass is 16.3. The van der Waals surface area contributed by atoms with E-state index in [1.54, 1.807) is 0 Å². The first-order valence-corrected chi connectivity index (χ1v) is 21.0. The lowest BCUT2D eigenvalue weighted by Crippen LogP contribution is -1.91. The third kappa shape index (κ3) is 5.48. The van der Waals surface area contributed by atoms with Crippen molar-refractivity contribution in [2.24, 2.45) is 0 Å². The van der Waals surface area contributed by atoms with Crippen LogP contribution in [-0.2, 0) is 0 Å². The Kier molecular flexibility index (Phi) is 7.80. The second-order valence-corrected chi connectivity index (χ2v) is 15.8. The summed E-state index contributed by atoms with van der Waals surface area (Å²) < 4.78 is 20.8. The summed E-state index contributed by atoms with van der Waals surface area (Å²) in [6.45, 7) is 0. The molecular formula is C57H33N3O3. The molecule has 6 aromatic heterocycles. The van der Waals surface area contributed by atoms with E-state index in [4.69, 9.17) is 28.2 Å². The first-order chi connectivity index (χ1) is 31.3. The number of para-hydroxylation sites is 3. The van der Waals surface area contributed by atoms with Crippen LogP contribution in [0.3, 0.4) is 0 Å². The van der Waals surface area contributed by atoms with Crippen LogP contribution in [0.2, 0.25) is 0 Å². The number of rotatable bonds is 6. The molecule has 6 heteroatoms. The summed E-state index contributed by atoms with van der Waals surface area (Å²) in [5.74, 6) is 0. The van der Waals surface area contributed by atoms with Crippen molar-refractivity contribution >= 4 is 66.2 Å². The first kappa shape index (κ1) is 35.2. The van der Waals surface area contributed by atoms with Gasteiger partial charge < -0.3 is 13.3 Å². The first-order valence-electron chi connectivity index (χ1n) is 21.0. The summed E-state index contributed by atoms with van der Waals surface area (Å²) in [6, 6.07) is 62.6. The fourth-order valence-corrected chi connectivity index (χ4v) is 9.39. The molecule has 0 saturated carbocycles. The Hall–Kier alpha value is -8.61. The topological polar surface area (TPSA) is 78.1 Å². The van der Waals surface area contributed by atoms with Crippen molar-refractivity contribution in [1.82, 2.24) is 15.0 Å². The molecule has 0 saturated heterocycles. The maximum absolute atomic E-state index is 7.00. The van der Waals surface area contributed by atoms with Crippen LogP contribution in [-0.4, -0.2) is 15.0 Å². The summed E-state index contributed by atoms with van der Waals surface area (Å²) in [5.41, 5.74) is 18.9. The zero-order valence-corrected chi connectivity index (χ0v) is 33.6. The molecule has 6 heterocycles. The number of furan rings is 3. The van der Waals surface area contributed by atoms with Crippen LogP contribution in [0.25, 0.3) is 133 Å². The van der Waals surface area contributed by atoms with E-state index in [0.717, 1.165) is 122 Å². The minimum Gasteiger partial charge on any atom is -0.453 e. The standard InChI is InChI=1S/C57H33N3O3/c1-4-13-34(14-5-1)38-19-10-22-45-49-55(61-52(38)45)41(27-30-58-49)37-25-26-42(43-28-31-59-50-46-23-11-20-39(53(46)62-56(43)50)35-15-6-2-7-16-35)48(33-37)44-29-32-60-51-47-24-12-21-40(54(47)63-57(44)51)36-17-8-3-9-18-36/h1-33H. The summed E-state index contributed by atoms with van der Waals surface area (Å²) in [6.07, 6.45) is 5.62. The summed E-state index contributed by atoms with van der Waals surface area (Å²) in [7, 11) is 0. The number of hydrogen-bond donors (Lipinski definition) is 0. The molecule has 0 spiro atoms. The molecule has 294 valence electrons. The molecule has 6 nitrogen and oxygen atoms in total. The van der Waals surface area contributed by atoms with E-state index >= 15 is 0 Å². The Balaban J connectivity index is 1.08. The lowest BCUT2D eigenvalue weighted by atomic mass is 9.90. The molecule has 63 heavy (non-hydrogen) atoms. The van der Waals surface area contributed by atoms with Gasteiger partial charge in [-0.05, 0) is 75.8 Å². The molecule has 7 aromatic carbocycles. The maximum atomic E-state index is 7.00. The van der Waals surface area contributed by atoms with Crippen molar-refractivity contribution in [3.8, 4) is 66.8 Å².